The molecule has 7 heteroatoms. The molecule has 1 aliphatic carbocycles. The normalized spacial score (nSPS) is 23.0. The Bertz CT molecular complexity index is 622. The van der Waals surface area contributed by atoms with E-state index in [9.17, 15) is 13.2 Å². The predicted molar refractivity (Wildman–Crippen MR) is 79.5 cm³/mol. The minimum absolute atomic E-state index is 0.263. The van der Waals surface area contributed by atoms with Crippen LogP contribution in [0.4, 0.5) is 0 Å². The van der Waals surface area contributed by atoms with Gasteiger partial charge in [0.1, 0.15) is 0 Å². The first-order valence-electron chi connectivity index (χ1n) is 6.43. The van der Waals surface area contributed by atoms with Gasteiger partial charge in [-0.2, -0.15) is 0 Å². The summed E-state index contributed by atoms with van der Waals surface area (Å²) in [6, 6.07) is 1.45. The lowest BCUT2D eigenvalue weighted by Crippen LogP contribution is -2.44. The Kier molecular flexibility index (Phi) is 4.30. The first-order chi connectivity index (χ1) is 9.21. The zero-order chi connectivity index (χ0) is 15.1. The number of amides is 1. The number of rotatable bonds is 3. The Balaban J connectivity index is 2.25. The Labute approximate surface area is 127 Å². The van der Waals surface area contributed by atoms with E-state index in [1.807, 2.05) is 0 Å². The van der Waals surface area contributed by atoms with Gasteiger partial charge in [0, 0.05) is 24.9 Å². The van der Waals surface area contributed by atoms with Gasteiger partial charge in [-0.05, 0) is 48.2 Å². The Morgan fingerprint density at radius 3 is 2.60 bits per heavy atom. The molecule has 0 aromatic carbocycles. The van der Waals surface area contributed by atoms with Crippen molar-refractivity contribution in [2.75, 3.05) is 13.3 Å². The monoisotopic (exact) mass is 363 g/mol. The molecule has 2 atom stereocenters. The van der Waals surface area contributed by atoms with Crippen LogP contribution < -0.4 is 0 Å². The van der Waals surface area contributed by atoms with E-state index in [1.165, 1.54) is 11.2 Å². The maximum atomic E-state index is 12.5. The van der Waals surface area contributed by atoms with Crippen LogP contribution in [0.3, 0.4) is 0 Å². The predicted octanol–water partition coefficient (Wildman–Crippen LogP) is 2.39. The summed E-state index contributed by atoms with van der Waals surface area (Å²) in [5.41, 5.74) is 0.739. The highest BCUT2D eigenvalue weighted by atomic mass is 79.9. The second kappa shape index (κ2) is 5.52. The third kappa shape index (κ3) is 2.93. The highest BCUT2D eigenvalue weighted by molar-refractivity contribution is 9.10. The first kappa shape index (κ1) is 15.6. The van der Waals surface area contributed by atoms with E-state index in [2.05, 4.69) is 15.9 Å². The molecule has 112 valence electrons. The number of aryl methyl sites for hydroxylation is 1. The summed E-state index contributed by atoms with van der Waals surface area (Å²) in [6.45, 7) is 1.79. The third-order valence-corrected chi connectivity index (χ3v) is 5.91. The number of nitrogens with zero attached hydrogens (tertiary/aromatic N) is 1. The lowest BCUT2D eigenvalue weighted by atomic mass is 10.2. The molecular weight excluding hydrogens is 346 g/mol. The molecule has 1 fully saturated rings. The summed E-state index contributed by atoms with van der Waals surface area (Å²) < 4.78 is 29.5. The lowest BCUT2D eigenvalue weighted by molar-refractivity contribution is 0.0702. The van der Waals surface area contributed by atoms with E-state index >= 15 is 0 Å². The van der Waals surface area contributed by atoms with Crippen LogP contribution in [0.5, 0.6) is 0 Å². The van der Waals surface area contributed by atoms with Crippen molar-refractivity contribution >= 4 is 31.7 Å². The quantitative estimate of drug-likeness (QED) is 0.826. The number of furan rings is 1. The van der Waals surface area contributed by atoms with Gasteiger partial charge >= 0.3 is 0 Å². The van der Waals surface area contributed by atoms with Crippen molar-refractivity contribution in [1.29, 1.82) is 0 Å². The van der Waals surface area contributed by atoms with Gasteiger partial charge in [-0.1, -0.05) is 0 Å². The van der Waals surface area contributed by atoms with Gasteiger partial charge in [0.15, 0.2) is 20.3 Å². The van der Waals surface area contributed by atoms with Gasteiger partial charge in [0.25, 0.3) is 5.91 Å². The van der Waals surface area contributed by atoms with Crippen LogP contribution in [-0.2, 0) is 9.84 Å². The molecule has 0 saturated heterocycles. The standard InChI is InChI=1S/C13H18BrNO4S/c1-8-7-11(14)19-12(8)13(16)15(2)9-5-4-6-10(9)20(3,17)18/h7,9-10H,4-6H2,1-3H3. The van der Waals surface area contributed by atoms with Crippen LogP contribution in [-0.4, -0.2) is 43.8 Å². The van der Waals surface area contributed by atoms with E-state index in [1.54, 1.807) is 20.0 Å². The fraction of sp³-hybridized carbons (Fsp3) is 0.615. The van der Waals surface area contributed by atoms with E-state index < -0.39 is 15.1 Å². The zero-order valence-electron chi connectivity index (χ0n) is 11.7. The maximum Gasteiger partial charge on any atom is 0.289 e. The Morgan fingerprint density at radius 1 is 1.45 bits per heavy atom. The SMILES string of the molecule is Cc1cc(Br)oc1C(=O)N(C)C1CCCC1S(C)(=O)=O. The molecule has 1 amide bonds. The molecule has 1 saturated carbocycles. The van der Waals surface area contributed by atoms with Crippen molar-refractivity contribution in [3.8, 4) is 0 Å². The fourth-order valence-electron chi connectivity index (χ4n) is 2.82. The third-order valence-electron chi connectivity index (χ3n) is 3.87. The summed E-state index contributed by atoms with van der Waals surface area (Å²) >= 11 is 3.19. The summed E-state index contributed by atoms with van der Waals surface area (Å²) in [5.74, 6) is -0.00715. The number of hydrogen-bond acceptors (Lipinski definition) is 4. The van der Waals surface area contributed by atoms with Crippen molar-refractivity contribution in [1.82, 2.24) is 4.90 Å². The van der Waals surface area contributed by atoms with Gasteiger partial charge in [-0.3, -0.25) is 4.79 Å². The molecule has 0 aliphatic heterocycles. The minimum Gasteiger partial charge on any atom is -0.444 e. The molecule has 2 unspecified atom stereocenters. The molecule has 0 spiro atoms. The van der Waals surface area contributed by atoms with Crippen LogP contribution in [0, 0.1) is 6.92 Å². The van der Waals surface area contributed by atoms with Gasteiger partial charge < -0.3 is 9.32 Å². The lowest BCUT2D eigenvalue weighted by Gasteiger charge is -2.28. The molecule has 0 bridgehead atoms. The van der Waals surface area contributed by atoms with Crippen LogP contribution in [0.2, 0.25) is 0 Å². The molecule has 1 aromatic rings. The van der Waals surface area contributed by atoms with E-state index in [-0.39, 0.29) is 17.7 Å². The zero-order valence-corrected chi connectivity index (χ0v) is 14.1. The second-order valence-electron chi connectivity index (χ2n) is 5.34. The number of carbonyl (C=O) groups excluding carboxylic acids is 1. The highest BCUT2D eigenvalue weighted by Gasteiger charge is 2.39. The Hall–Kier alpha value is -0.820. The van der Waals surface area contributed by atoms with Crippen molar-refractivity contribution in [3.63, 3.8) is 0 Å². The topological polar surface area (TPSA) is 67.6 Å². The van der Waals surface area contributed by atoms with Crippen molar-refractivity contribution in [2.45, 2.75) is 37.5 Å². The maximum absolute atomic E-state index is 12.5. The van der Waals surface area contributed by atoms with Crippen LogP contribution in [0.1, 0.15) is 35.4 Å². The van der Waals surface area contributed by atoms with Crippen molar-refractivity contribution in [3.05, 3.63) is 22.1 Å². The van der Waals surface area contributed by atoms with Gasteiger partial charge in [-0.15, -0.1) is 0 Å². The molecule has 0 radical (unpaired) electrons. The highest BCUT2D eigenvalue weighted by Crippen LogP contribution is 2.30. The van der Waals surface area contributed by atoms with Crippen LogP contribution in [0.15, 0.2) is 15.2 Å². The molecule has 0 N–H and O–H groups in total. The smallest absolute Gasteiger partial charge is 0.289 e. The van der Waals surface area contributed by atoms with E-state index in [0.29, 0.717) is 17.5 Å². The largest absolute Gasteiger partial charge is 0.444 e. The fourth-order valence-corrected chi connectivity index (χ4v) is 4.80. The van der Waals surface area contributed by atoms with E-state index in [4.69, 9.17) is 4.42 Å². The first-order valence-corrected chi connectivity index (χ1v) is 9.18. The average Bonchev–Trinajstić information content (AvgIpc) is 2.93. The summed E-state index contributed by atoms with van der Waals surface area (Å²) in [6.07, 6.45) is 3.38. The number of halogens is 1. The molecule has 1 aromatic heterocycles. The summed E-state index contributed by atoms with van der Waals surface area (Å²) in [7, 11) is -1.51. The van der Waals surface area contributed by atoms with Gasteiger partial charge in [0.05, 0.1) is 5.25 Å². The summed E-state index contributed by atoms with van der Waals surface area (Å²) in [5, 5.41) is -0.477. The molecule has 1 heterocycles. The van der Waals surface area contributed by atoms with Crippen molar-refractivity contribution < 1.29 is 17.6 Å². The number of sulfone groups is 1. The van der Waals surface area contributed by atoms with E-state index in [0.717, 1.165) is 12.0 Å². The van der Waals surface area contributed by atoms with Gasteiger partial charge in [0.2, 0.25) is 0 Å². The van der Waals surface area contributed by atoms with Crippen LogP contribution >= 0.6 is 15.9 Å². The molecule has 5 nitrogen and oxygen atoms in total. The van der Waals surface area contributed by atoms with Gasteiger partial charge in [-0.25, -0.2) is 8.42 Å². The molecular formula is C13H18BrNO4S. The number of hydrogen-bond donors (Lipinski definition) is 0. The average molecular weight is 364 g/mol. The number of carbonyl (C=O) groups is 1. The Morgan fingerprint density at radius 2 is 2.10 bits per heavy atom. The summed E-state index contributed by atoms with van der Waals surface area (Å²) in [4.78, 5) is 14.0. The molecule has 2 rings (SSSR count). The molecule has 20 heavy (non-hydrogen) atoms. The van der Waals surface area contributed by atoms with Crippen molar-refractivity contribution in [2.24, 2.45) is 0 Å². The molecule has 1 aliphatic rings. The minimum atomic E-state index is -3.15. The second-order valence-corrected chi connectivity index (χ2v) is 8.39. The van der Waals surface area contributed by atoms with Crippen LogP contribution in [0.25, 0.3) is 0 Å².